The summed E-state index contributed by atoms with van der Waals surface area (Å²) >= 11 is 1.44. The van der Waals surface area contributed by atoms with Crippen LogP contribution in [0.2, 0.25) is 0 Å². The standard InChI is InChI=1S/C25H19N3O3S/c26-15-17-5-3-6-18(13-17)16-31-20-8-4-7-19(14-20)27-24(30)25-12-11-23(29)28(25)21-9-1-2-10-22(21)32-25/h1-10,13-14H,11-12,16H2,(H,27,30). The summed E-state index contributed by atoms with van der Waals surface area (Å²) in [6.45, 7) is 0.310. The van der Waals surface area contributed by atoms with E-state index in [1.807, 2.05) is 48.5 Å². The fourth-order valence-corrected chi connectivity index (χ4v) is 5.50. The molecule has 3 aromatic rings. The van der Waals surface area contributed by atoms with Gasteiger partial charge in [0.15, 0.2) is 4.87 Å². The van der Waals surface area contributed by atoms with Crippen LogP contribution >= 0.6 is 11.8 Å². The van der Waals surface area contributed by atoms with Crippen molar-refractivity contribution in [2.75, 3.05) is 10.2 Å². The quantitative estimate of drug-likeness (QED) is 0.620. The molecule has 3 aromatic carbocycles. The lowest BCUT2D eigenvalue weighted by Gasteiger charge is -2.29. The number of amides is 2. The predicted molar refractivity (Wildman–Crippen MR) is 122 cm³/mol. The summed E-state index contributed by atoms with van der Waals surface area (Å²) < 4.78 is 5.86. The lowest BCUT2D eigenvalue weighted by atomic mass is 10.1. The normalized spacial score (nSPS) is 18.6. The number of carbonyl (C=O) groups is 2. The van der Waals surface area contributed by atoms with Gasteiger partial charge in [0.1, 0.15) is 12.4 Å². The van der Waals surface area contributed by atoms with Gasteiger partial charge in [0.25, 0.3) is 5.91 Å². The number of nitriles is 1. The minimum Gasteiger partial charge on any atom is -0.489 e. The molecular formula is C25H19N3O3S. The van der Waals surface area contributed by atoms with Crippen molar-refractivity contribution >= 4 is 35.0 Å². The van der Waals surface area contributed by atoms with Crippen LogP contribution < -0.4 is 15.0 Å². The fraction of sp³-hybridized carbons (Fsp3) is 0.160. The summed E-state index contributed by atoms with van der Waals surface area (Å²) in [7, 11) is 0. The molecule has 5 rings (SSSR count). The van der Waals surface area contributed by atoms with Crippen LogP contribution in [-0.2, 0) is 16.2 Å². The van der Waals surface area contributed by atoms with Crippen molar-refractivity contribution in [1.29, 1.82) is 5.26 Å². The van der Waals surface area contributed by atoms with Gasteiger partial charge in [-0.25, -0.2) is 0 Å². The van der Waals surface area contributed by atoms with E-state index in [2.05, 4.69) is 11.4 Å². The molecule has 1 saturated heterocycles. The van der Waals surface area contributed by atoms with Crippen LogP contribution in [0.5, 0.6) is 5.75 Å². The Hall–Kier alpha value is -3.76. The van der Waals surface area contributed by atoms with Crippen LogP contribution in [0.1, 0.15) is 24.0 Å². The van der Waals surface area contributed by atoms with Crippen molar-refractivity contribution in [3.05, 3.63) is 83.9 Å². The van der Waals surface area contributed by atoms with Gasteiger partial charge in [-0.15, -0.1) is 0 Å². The topological polar surface area (TPSA) is 82.4 Å². The molecular weight excluding hydrogens is 422 g/mol. The number of benzene rings is 3. The maximum atomic E-state index is 13.4. The Bertz CT molecular complexity index is 1270. The van der Waals surface area contributed by atoms with Crippen molar-refractivity contribution in [1.82, 2.24) is 0 Å². The van der Waals surface area contributed by atoms with Crippen molar-refractivity contribution < 1.29 is 14.3 Å². The van der Waals surface area contributed by atoms with Crippen LogP contribution in [-0.4, -0.2) is 16.7 Å². The number of fused-ring (bicyclic) bond motifs is 3. The number of hydrogen-bond donors (Lipinski definition) is 1. The second-order valence-electron chi connectivity index (χ2n) is 7.67. The predicted octanol–water partition coefficient (Wildman–Crippen LogP) is 4.70. The van der Waals surface area contributed by atoms with Crippen LogP contribution in [0.3, 0.4) is 0 Å². The van der Waals surface area contributed by atoms with Gasteiger partial charge in [-0.3, -0.25) is 14.5 Å². The number of hydrogen-bond acceptors (Lipinski definition) is 5. The first-order valence-electron chi connectivity index (χ1n) is 10.2. The van der Waals surface area contributed by atoms with E-state index in [1.165, 1.54) is 11.8 Å². The van der Waals surface area contributed by atoms with E-state index >= 15 is 0 Å². The molecule has 2 amide bonds. The third kappa shape index (κ3) is 3.49. The van der Waals surface area contributed by atoms with E-state index in [0.29, 0.717) is 36.4 Å². The van der Waals surface area contributed by atoms with E-state index < -0.39 is 4.87 Å². The summed E-state index contributed by atoms with van der Waals surface area (Å²) in [4.78, 5) is 27.6. The Labute approximate surface area is 189 Å². The molecule has 2 aliphatic heterocycles. The summed E-state index contributed by atoms with van der Waals surface area (Å²) in [5.74, 6) is 0.349. The highest BCUT2D eigenvalue weighted by Crippen LogP contribution is 2.56. The number of ether oxygens (including phenoxy) is 1. The minimum absolute atomic E-state index is 0.0331. The Morgan fingerprint density at radius 2 is 1.97 bits per heavy atom. The maximum absolute atomic E-state index is 13.4. The first-order chi connectivity index (χ1) is 15.6. The molecule has 0 bridgehead atoms. The number of thioether (sulfide) groups is 1. The minimum atomic E-state index is -0.963. The first kappa shape index (κ1) is 20.2. The number of nitrogens with one attached hydrogen (secondary N) is 1. The second-order valence-corrected chi connectivity index (χ2v) is 8.99. The summed E-state index contributed by atoms with van der Waals surface area (Å²) in [6.07, 6.45) is 0.808. The molecule has 0 radical (unpaired) electrons. The molecule has 0 aromatic heterocycles. The Kier molecular flexibility index (Phi) is 5.08. The Morgan fingerprint density at radius 3 is 2.84 bits per heavy atom. The van der Waals surface area contributed by atoms with E-state index in [4.69, 9.17) is 10.00 Å². The monoisotopic (exact) mass is 441 g/mol. The number of carbonyl (C=O) groups excluding carboxylic acids is 2. The molecule has 158 valence electrons. The third-order valence-electron chi connectivity index (χ3n) is 5.58. The molecule has 2 aliphatic rings. The molecule has 6 nitrogen and oxygen atoms in total. The van der Waals surface area contributed by atoms with E-state index in [1.54, 1.807) is 29.2 Å². The van der Waals surface area contributed by atoms with Gasteiger partial charge in [0, 0.05) is 23.1 Å². The SMILES string of the molecule is N#Cc1cccc(COc2cccc(NC(=O)C34CCC(=O)N3c3ccccc3S4)c2)c1. The van der Waals surface area contributed by atoms with Gasteiger partial charge in [-0.2, -0.15) is 5.26 Å². The van der Waals surface area contributed by atoms with Crippen LogP contribution in [0.15, 0.2) is 77.7 Å². The molecule has 1 fully saturated rings. The highest BCUT2D eigenvalue weighted by molar-refractivity contribution is 8.02. The zero-order chi connectivity index (χ0) is 22.1. The lowest BCUT2D eigenvalue weighted by Crippen LogP contribution is -2.49. The molecule has 0 spiro atoms. The van der Waals surface area contributed by atoms with Gasteiger partial charge >= 0.3 is 0 Å². The molecule has 2 heterocycles. The summed E-state index contributed by atoms with van der Waals surface area (Å²) in [6, 6.07) is 24.2. The number of para-hydroxylation sites is 1. The third-order valence-corrected chi connectivity index (χ3v) is 7.06. The van der Waals surface area contributed by atoms with Crippen LogP contribution in [0.25, 0.3) is 0 Å². The highest BCUT2D eigenvalue weighted by atomic mass is 32.2. The zero-order valence-electron chi connectivity index (χ0n) is 17.1. The first-order valence-corrected chi connectivity index (χ1v) is 11.1. The summed E-state index contributed by atoms with van der Waals surface area (Å²) in [5, 5.41) is 12.0. The van der Waals surface area contributed by atoms with Gasteiger partial charge in [0.2, 0.25) is 5.91 Å². The molecule has 0 saturated carbocycles. The van der Waals surface area contributed by atoms with Gasteiger partial charge in [0.05, 0.1) is 17.3 Å². The Morgan fingerprint density at radius 1 is 1.12 bits per heavy atom. The van der Waals surface area contributed by atoms with Crippen molar-refractivity contribution in [2.45, 2.75) is 29.2 Å². The van der Waals surface area contributed by atoms with E-state index in [-0.39, 0.29) is 11.8 Å². The molecule has 1 atom stereocenters. The van der Waals surface area contributed by atoms with Gasteiger partial charge < -0.3 is 10.1 Å². The smallest absolute Gasteiger partial charge is 0.261 e. The zero-order valence-corrected chi connectivity index (χ0v) is 17.9. The average Bonchev–Trinajstić information content (AvgIpc) is 3.34. The van der Waals surface area contributed by atoms with Crippen LogP contribution in [0, 0.1) is 11.3 Å². The number of anilines is 2. The van der Waals surface area contributed by atoms with Crippen molar-refractivity contribution in [3.63, 3.8) is 0 Å². The molecule has 1 unspecified atom stereocenters. The number of rotatable bonds is 5. The number of nitrogens with zero attached hydrogens (tertiary/aromatic N) is 2. The van der Waals surface area contributed by atoms with E-state index in [0.717, 1.165) is 16.1 Å². The molecule has 32 heavy (non-hydrogen) atoms. The van der Waals surface area contributed by atoms with E-state index in [9.17, 15) is 9.59 Å². The van der Waals surface area contributed by atoms with Crippen molar-refractivity contribution in [2.24, 2.45) is 0 Å². The van der Waals surface area contributed by atoms with Gasteiger partial charge in [-0.1, -0.05) is 42.1 Å². The average molecular weight is 442 g/mol. The molecule has 0 aliphatic carbocycles. The van der Waals surface area contributed by atoms with Gasteiger partial charge in [-0.05, 0) is 48.4 Å². The molecule has 7 heteroatoms. The fourth-order valence-electron chi connectivity index (χ4n) is 4.09. The largest absolute Gasteiger partial charge is 0.489 e. The lowest BCUT2D eigenvalue weighted by molar-refractivity contribution is -0.121. The highest BCUT2D eigenvalue weighted by Gasteiger charge is 2.57. The molecule has 1 N–H and O–H groups in total. The van der Waals surface area contributed by atoms with Crippen LogP contribution in [0.4, 0.5) is 11.4 Å². The maximum Gasteiger partial charge on any atom is 0.261 e. The Balaban J connectivity index is 1.32. The second kappa shape index (κ2) is 8.06. The summed E-state index contributed by atoms with van der Waals surface area (Å²) in [5.41, 5.74) is 2.87. The van der Waals surface area contributed by atoms with Crippen molar-refractivity contribution in [3.8, 4) is 11.8 Å².